The summed E-state index contributed by atoms with van der Waals surface area (Å²) in [7, 11) is 1.76. The Kier molecular flexibility index (Phi) is 2.90. The Morgan fingerprint density at radius 2 is 2.19 bits per heavy atom. The number of nitriles is 1. The van der Waals surface area contributed by atoms with Crippen LogP contribution in [0, 0.1) is 23.2 Å². The molecule has 10 nitrogen and oxygen atoms in total. The van der Waals surface area contributed by atoms with Crippen LogP contribution in [0.3, 0.4) is 0 Å². The smallest absolute Gasteiger partial charge is 0.280 e. The number of imidazole rings is 1. The van der Waals surface area contributed by atoms with Crippen LogP contribution in [0.5, 0.6) is 0 Å². The minimum atomic E-state index is -0.192. The van der Waals surface area contributed by atoms with Gasteiger partial charge in [0.2, 0.25) is 5.89 Å². The van der Waals surface area contributed by atoms with E-state index in [2.05, 4.69) is 31.1 Å². The zero-order valence-electron chi connectivity index (χ0n) is 16.5. The molecule has 2 bridgehead atoms. The first-order valence-electron chi connectivity index (χ1n) is 10.1. The summed E-state index contributed by atoms with van der Waals surface area (Å²) in [6.07, 6.45) is 3.03. The van der Waals surface area contributed by atoms with Crippen molar-refractivity contribution in [1.29, 1.82) is 5.26 Å². The fraction of sp³-hybridized carbons (Fsp3) is 0.333. The molecule has 4 aromatic rings. The Hall–Kier alpha value is -4.00. The average molecular weight is 412 g/mol. The van der Waals surface area contributed by atoms with Crippen molar-refractivity contribution in [2.45, 2.75) is 18.0 Å². The normalized spacial score (nSPS) is 27.4. The van der Waals surface area contributed by atoms with Crippen LogP contribution < -0.4 is 10.5 Å². The molecule has 1 unspecified atom stereocenters. The first-order valence-corrected chi connectivity index (χ1v) is 10.1. The monoisotopic (exact) mass is 412 g/mol. The maximum Gasteiger partial charge on any atom is 0.280 e. The quantitative estimate of drug-likeness (QED) is 0.483. The molecule has 4 fully saturated rings. The number of anilines is 1. The molecule has 0 radical (unpaired) electrons. The maximum absolute atomic E-state index is 12.7. The molecule has 0 spiro atoms. The van der Waals surface area contributed by atoms with Crippen molar-refractivity contribution in [2.24, 2.45) is 18.9 Å². The number of aromatic nitrogens is 6. The molecule has 2 saturated heterocycles. The summed E-state index contributed by atoms with van der Waals surface area (Å²) >= 11 is 0. The Labute approximate surface area is 175 Å². The van der Waals surface area contributed by atoms with Crippen molar-refractivity contribution in [3.63, 3.8) is 0 Å². The predicted molar refractivity (Wildman–Crippen MR) is 107 cm³/mol. The van der Waals surface area contributed by atoms with Gasteiger partial charge in [-0.1, -0.05) is 11.2 Å². The number of aryl methyl sites for hydroxylation is 1. The van der Waals surface area contributed by atoms with Gasteiger partial charge in [0, 0.05) is 31.2 Å². The lowest BCUT2D eigenvalue weighted by Crippen LogP contribution is -2.23. The Bertz CT molecular complexity index is 1490. The zero-order valence-corrected chi connectivity index (χ0v) is 16.5. The molecule has 1 aromatic carbocycles. The van der Waals surface area contributed by atoms with Crippen LogP contribution in [0.4, 0.5) is 5.69 Å². The van der Waals surface area contributed by atoms with E-state index in [1.165, 1.54) is 10.9 Å². The number of fused-ring (bicyclic) bond motifs is 2. The van der Waals surface area contributed by atoms with Gasteiger partial charge in [-0.25, -0.2) is 9.97 Å². The molecule has 10 heteroatoms. The minimum absolute atomic E-state index is 0.0421. The lowest BCUT2D eigenvalue weighted by Gasteiger charge is -2.18. The highest BCUT2D eigenvalue weighted by molar-refractivity contribution is 5.69. The summed E-state index contributed by atoms with van der Waals surface area (Å²) in [5.74, 6) is 2.18. The standard InChI is InChI=1S/C21H16N8O2/c1-27-9-23-18-16(27)19(30)28(10-24-18)8-14-25-20(26-31-14)21-13-7-29(17(21)15(13)21)12-4-2-3-11(5-12)6-22/h2-5,9-10,13,15,17H,7-8H2,1H3/t13-,15-,17?,21-/m1/s1. The maximum atomic E-state index is 12.7. The van der Waals surface area contributed by atoms with E-state index in [9.17, 15) is 10.1 Å². The van der Waals surface area contributed by atoms with Gasteiger partial charge in [-0.3, -0.25) is 9.36 Å². The molecule has 2 aliphatic carbocycles. The number of piperidine rings is 1. The van der Waals surface area contributed by atoms with Crippen molar-refractivity contribution in [1.82, 2.24) is 29.2 Å². The van der Waals surface area contributed by atoms with Gasteiger partial charge in [0.05, 0.1) is 23.4 Å². The Morgan fingerprint density at radius 1 is 1.32 bits per heavy atom. The number of rotatable bonds is 4. The summed E-state index contributed by atoms with van der Waals surface area (Å²) in [4.78, 5) is 28.1. The van der Waals surface area contributed by atoms with Gasteiger partial charge < -0.3 is 14.0 Å². The van der Waals surface area contributed by atoms with Gasteiger partial charge in [0.1, 0.15) is 12.9 Å². The molecule has 31 heavy (non-hydrogen) atoms. The highest BCUT2D eigenvalue weighted by Crippen LogP contribution is 2.85. The highest BCUT2D eigenvalue weighted by atomic mass is 16.5. The van der Waals surface area contributed by atoms with E-state index in [1.807, 2.05) is 24.3 Å². The molecule has 3 aromatic heterocycles. The van der Waals surface area contributed by atoms with Gasteiger partial charge >= 0.3 is 0 Å². The summed E-state index contributed by atoms with van der Waals surface area (Å²) in [6, 6.07) is 10.3. The first kappa shape index (κ1) is 16.8. The van der Waals surface area contributed by atoms with Gasteiger partial charge in [-0.05, 0) is 24.1 Å². The van der Waals surface area contributed by atoms with Crippen molar-refractivity contribution >= 4 is 16.9 Å². The first-order chi connectivity index (χ1) is 15.1. The van der Waals surface area contributed by atoms with Crippen molar-refractivity contribution in [2.75, 3.05) is 11.4 Å². The van der Waals surface area contributed by atoms with Crippen molar-refractivity contribution in [3.8, 4) is 6.07 Å². The van der Waals surface area contributed by atoms with Gasteiger partial charge in [0.15, 0.2) is 17.0 Å². The molecule has 0 N–H and O–H groups in total. The van der Waals surface area contributed by atoms with E-state index in [0.29, 0.717) is 40.5 Å². The molecular formula is C21H16N8O2. The zero-order chi connectivity index (χ0) is 20.9. The molecule has 4 atom stereocenters. The molecule has 0 amide bonds. The van der Waals surface area contributed by atoms with Crippen LogP contribution in [0.2, 0.25) is 0 Å². The highest BCUT2D eigenvalue weighted by Gasteiger charge is 2.95. The third-order valence-corrected chi connectivity index (χ3v) is 7.11. The largest absolute Gasteiger partial charge is 0.367 e. The van der Waals surface area contributed by atoms with E-state index < -0.39 is 0 Å². The van der Waals surface area contributed by atoms with E-state index in [-0.39, 0.29) is 17.5 Å². The van der Waals surface area contributed by atoms with Crippen LogP contribution in [0.25, 0.3) is 11.2 Å². The molecule has 8 rings (SSSR count). The second-order valence-electron chi connectivity index (χ2n) is 8.54. The second kappa shape index (κ2) is 5.37. The third-order valence-electron chi connectivity index (χ3n) is 7.11. The number of hydrogen-bond acceptors (Lipinski definition) is 8. The van der Waals surface area contributed by atoms with Crippen LogP contribution in [0.15, 0.2) is 46.2 Å². The fourth-order valence-electron chi connectivity index (χ4n) is 5.58. The SMILES string of the molecule is Cn1cnc2ncn(Cc3nc([C@@]45C6[C@H]4[C@H]5CN6c4cccc(C#N)c4)no3)c(=O)c21. The minimum Gasteiger partial charge on any atom is -0.367 e. The molecular weight excluding hydrogens is 396 g/mol. The molecule has 152 valence electrons. The number of hydrogen-bond donors (Lipinski definition) is 0. The van der Waals surface area contributed by atoms with Gasteiger partial charge in [-0.15, -0.1) is 0 Å². The second-order valence-corrected chi connectivity index (χ2v) is 8.54. The van der Waals surface area contributed by atoms with Crippen LogP contribution >= 0.6 is 0 Å². The summed E-state index contributed by atoms with van der Waals surface area (Å²) in [6.45, 7) is 1.11. The number of nitrogens with zero attached hydrogens (tertiary/aromatic N) is 8. The summed E-state index contributed by atoms with van der Waals surface area (Å²) in [5, 5.41) is 13.5. The molecule has 2 saturated carbocycles. The average Bonchev–Trinajstić information content (AvgIpc) is 3.25. The van der Waals surface area contributed by atoms with E-state index >= 15 is 0 Å². The van der Waals surface area contributed by atoms with Crippen LogP contribution in [0.1, 0.15) is 17.3 Å². The Balaban J connectivity index is 1.16. The third kappa shape index (κ3) is 1.98. The summed E-state index contributed by atoms with van der Waals surface area (Å²) < 4.78 is 8.63. The lowest BCUT2D eigenvalue weighted by atomic mass is 10.1. The topological polar surface area (TPSA) is 119 Å². The van der Waals surface area contributed by atoms with E-state index in [1.54, 1.807) is 17.9 Å². The lowest BCUT2D eigenvalue weighted by molar-refractivity contribution is 0.362. The number of benzene rings is 1. The van der Waals surface area contributed by atoms with Gasteiger partial charge in [-0.2, -0.15) is 10.2 Å². The van der Waals surface area contributed by atoms with Crippen LogP contribution in [-0.4, -0.2) is 41.8 Å². The molecule has 2 aliphatic heterocycles. The Morgan fingerprint density at radius 3 is 3.03 bits per heavy atom. The molecule has 4 aliphatic rings. The fourth-order valence-corrected chi connectivity index (χ4v) is 5.58. The van der Waals surface area contributed by atoms with Crippen LogP contribution in [-0.2, 0) is 19.0 Å². The van der Waals surface area contributed by atoms with Gasteiger partial charge in [0.25, 0.3) is 5.56 Å². The van der Waals surface area contributed by atoms with Crippen molar-refractivity contribution < 1.29 is 4.52 Å². The van der Waals surface area contributed by atoms with E-state index in [4.69, 9.17) is 4.52 Å². The van der Waals surface area contributed by atoms with E-state index in [0.717, 1.165) is 18.1 Å². The predicted octanol–water partition coefficient (Wildman–Crippen LogP) is 0.819. The molecule has 5 heterocycles. The summed E-state index contributed by atoms with van der Waals surface area (Å²) in [5.41, 5.74) is 2.36. The van der Waals surface area contributed by atoms with Crippen molar-refractivity contribution in [3.05, 3.63) is 64.6 Å².